The molecule has 4 rings (SSSR count). The van der Waals surface area contributed by atoms with Crippen molar-refractivity contribution in [3.05, 3.63) is 40.2 Å². The monoisotopic (exact) mass is 454 g/mol. The molecule has 0 atom stereocenters. The molecular weight excluding hydrogens is 433 g/mol. The zero-order valence-electron chi connectivity index (χ0n) is 16.3. The van der Waals surface area contributed by atoms with Gasteiger partial charge in [-0.15, -0.1) is 11.3 Å². The van der Waals surface area contributed by atoms with Gasteiger partial charge in [-0.2, -0.15) is 13.2 Å². The van der Waals surface area contributed by atoms with Crippen LogP contribution in [-0.2, 0) is 6.18 Å². The Hall–Kier alpha value is -2.20. The van der Waals surface area contributed by atoms with Crippen LogP contribution in [0.2, 0.25) is 0 Å². The number of rotatable bonds is 8. The molecule has 2 aromatic rings. The van der Waals surface area contributed by atoms with Crippen LogP contribution < -0.4 is 10.1 Å². The highest BCUT2D eigenvalue weighted by molar-refractivity contribution is 8.16. The number of fused-ring (bicyclic) bond motifs is 1. The minimum Gasteiger partial charge on any atom is -0.493 e. The number of thioether (sulfide) groups is 1. The van der Waals surface area contributed by atoms with Crippen LogP contribution in [0.5, 0.6) is 5.75 Å². The molecule has 2 aliphatic rings. The summed E-state index contributed by atoms with van der Waals surface area (Å²) in [6.07, 6.45) is -1.86. The van der Waals surface area contributed by atoms with Crippen molar-refractivity contribution in [2.24, 2.45) is 4.99 Å². The number of aliphatic imine (C=N–C) groups is 1. The van der Waals surface area contributed by atoms with Crippen molar-refractivity contribution in [2.45, 2.75) is 32.4 Å². The number of hydrogen-bond donors (Lipinski definition) is 1. The summed E-state index contributed by atoms with van der Waals surface area (Å²) in [4.78, 5) is 11.1. The van der Waals surface area contributed by atoms with Gasteiger partial charge in [-0.05, 0) is 24.6 Å². The normalized spacial score (nSPS) is 15.8. The Balaban J connectivity index is 1.48. The van der Waals surface area contributed by atoms with E-state index in [9.17, 15) is 13.2 Å². The number of nitrogens with one attached hydrogen (secondary N) is 1. The van der Waals surface area contributed by atoms with Crippen molar-refractivity contribution >= 4 is 44.8 Å². The first-order valence-corrected chi connectivity index (χ1v) is 11.5. The number of anilines is 2. The van der Waals surface area contributed by atoms with Crippen LogP contribution in [0.1, 0.15) is 37.4 Å². The zero-order chi connectivity index (χ0) is 21.1. The lowest BCUT2D eigenvalue weighted by atomic mass is 10.1. The highest BCUT2D eigenvalue weighted by Crippen LogP contribution is 2.40. The second-order valence-electron chi connectivity index (χ2n) is 6.86. The van der Waals surface area contributed by atoms with E-state index in [0.29, 0.717) is 10.8 Å². The molecule has 0 bridgehead atoms. The van der Waals surface area contributed by atoms with Gasteiger partial charge in [-0.25, -0.2) is 4.98 Å². The quantitative estimate of drug-likeness (QED) is 0.482. The molecule has 160 valence electrons. The topological polar surface area (TPSA) is 49.8 Å². The smallest absolute Gasteiger partial charge is 0.420 e. The number of nitrogens with zero attached hydrogens (tertiary/aromatic N) is 3. The Labute approximate surface area is 181 Å². The van der Waals surface area contributed by atoms with Crippen LogP contribution >= 0.6 is 23.1 Å². The summed E-state index contributed by atoms with van der Waals surface area (Å²) in [5.74, 6) is -0.141. The van der Waals surface area contributed by atoms with Crippen molar-refractivity contribution in [1.82, 2.24) is 9.88 Å². The first-order chi connectivity index (χ1) is 14.5. The van der Waals surface area contributed by atoms with Crippen LogP contribution in [-0.4, -0.2) is 34.7 Å². The first-order valence-electron chi connectivity index (χ1n) is 9.71. The maximum absolute atomic E-state index is 13.5. The van der Waals surface area contributed by atoms with E-state index in [1.54, 1.807) is 17.8 Å². The third-order valence-corrected chi connectivity index (χ3v) is 6.34. The van der Waals surface area contributed by atoms with Crippen LogP contribution in [0.25, 0.3) is 5.70 Å². The van der Waals surface area contributed by atoms with Gasteiger partial charge in [0.1, 0.15) is 11.4 Å². The number of hydrogen-bond acceptors (Lipinski definition) is 7. The van der Waals surface area contributed by atoms with Crippen LogP contribution in [0.3, 0.4) is 0 Å². The molecule has 0 saturated carbocycles. The predicted molar refractivity (Wildman–Crippen MR) is 116 cm³/mol. The van der Waals surface area contributed by atoms with Crippen molar-refractivity contribution in [2.75, 3.05) is 25.0 Å². The third kappa shape index (κ3) is 4.59. The average molecular weight is 455 g/mol. The maximum Gasteiger partial charge on any atom is 0.420 e. The highest BCUT2D eigenvalue weighted by Gasteiger charge is 2.35. The fourth-order valence-electron chi connectivity index (χ4n) is 3.18. The minimum absolute atomic E-state index is 0.141. The molecule has 5 nitrogen and oxygen atoms in total. The highest BCUT2D eigenvalue weighted by atomic mass is 32.2. The second kappa shape index (κ2) is 8.89. The molecule has 0 unspecified atom stereocenters. The van der Waals surface area contributed by atoms with E-state index in [-0.39, 0.29) is 12.4 Å². The van der Waals surface area contributed by atoms with Gasteiger partial charge in [-0.1, -0.05) is 31.5 Å². The van der Waals surface area contributed by atoms with Crippen LogP contribution in [0, 0.1) is 0 Å². The average Bonchev–Trinajstić information content (AvgIpc) is 3.42. The summed E-state index contributed by atoms with van der Waals surface area (Å²) >= 11 is 2.91. The van der Waals surface area contributed by atoms with Crippen molar-refractivity contribution in [1.29, 1.82) is 0 Å². The van der Waals surface area contributed by atoms with E-state index in [2.05, 4.69) is 20.2 Å². The number of unbranched alkanes of at least 4 members (excludes halogenated alkanes) is 2. The fourth-order valence-corrected chi connectivity index (χ4v) is 4.86. The second-order valence-corrected chi connectivity index (χ2v) is 8.56. The summed E-state index contributed by atoms with van der Waals surface area (Å²) in [7, 11) is 0. The number of benzene rings is 1. The van der Waals surface area contributed by atoms with Crippen molar-refractivity contribution < 1.29 is 17.9 Å². The van der Waals surface area contributed by atoms with Gasteiger partial charge in [0, 0.05) is 23.0 Å². The van der Waals surface area contributed by atoms with Gasteiger partial charge < -0.3 is 15.0 Å². The van der Waals surface area contributed by atoms with E-state index < -0.39 is 11.7 Å². The molecule has 30 heavy (non-hydrogen) atoms. The predicted octanol–water partition coefficient (Wildman–Crippen LogP) is 6.19. The van der Waals surface area contributed by atoms with E-state index in [1.165, 1.54) is 17.4 Å². The lowest BCUT2D eigenvalue weighted by Crippen LogP contribution is -2.19. The zero-order valence-corrected chi connectivity index (χ0v) is 18.0. The number of ether oxygens (including phenoxy) is 1. The lowest BCUT2D eigenvalue weighted by Gasteiger charge is -2.16. The molecule has 0 fully saturated rings. The number of amidine groups is 1. The Morgan fingerprint density at radius 2 is 2.13 bits per heavy atom. The van der Waals surface area contributed by atoms with Crippen LogP contribution in [0.4, 0.5) is 24.0 Å². The summed E-state index contributed by atoms with van der Waals surface area (Å²) in [6, 6.07) is 4.03. The van der Waals surface area contributed by atoms with E-state index in [1.807, 2.05) is 17.7 Å². The largest absolute Gasteiger partial charge is 0.493 e. The summed E-state index contributed by atoms with van der Waals surface area (Å²) in [5.41, 5.74) is 1.30. The number of alkyl halides is 3. The van der Waals surface area contributed by atoms with Gasteiger partial charge in [-0.3, -0.25) is 4.99 Å². The standard InChI is InChI=1S/C20H21F3N4OS2/c1-2-3-4-9-28-17-6-5-13(10-14(17)20(21,22)23)25-18-26-15(11-29-18)16-12-30-19-24-7-8-27(16)19/h5-6,10-12H,2-4,7-9H2,1H3,(H,25,26). The van der Waals surface area contributed by atoms with Gasteiger partial charge in [0.05, 0.1) is 24.4 Å². The summed E-state index contributed by atoms with van der Waals surface area (Å²) in [5, 5.41) is 8.39. The van der Waals surface area contributed by atoms with Gasteiger partial charge in [0.15, 0.2) is 10.3 Å². The van der Waals surface area contributed by atoms with Crippen LogP contribution in [0.15, 0.2) is 34.0 Å². The molecule has 0 spiro atoms. The lowest BCUT2D eigenvalue weighted by molar-refractivity contribution is -0.138. The molecule has 1 aromatic heterocycles. The Kier molecular flexibility index (Phi) is 6.24. The van der Waals surface area contributed by atoms with Crippen molar-refractivity contribution in [3.63, 3.8) is 0 Å². The maximum atomic E-state index is 13.5. The third-order valence-electron chi connectivity index (χ3n) is 4.68. The summed E-state index contributed by atoms with van der Waals surface area (Å²) in [6.45, 7) is 3.89. The van der Waals surface area contributed by atoms with E-state index in [0.717, 1.165) is 55.0 Å². The Morgan fingerprint density at radius 1 is 1.27 bits per heavy atom. The molecule has 1 aromatic carbocycles. The fraction of sp³-hybridized carbons (Fsp3) is 0.400. The molecule has 0 saturated heterocycles. The van der Waals surface area contributed by atoms with E-state index in [4.69, 9.17) is 4.74 Å². The molecule has 3 heterocycles. The Morgan fingerprint density at radius 3 is 2.93 bits per heavy atom. The SMILES string of the molecule is CCCCCOc1ccc(Nc2nc(C3=CSC4=NCCN34)cs2)cc1C(F)(F)F. The minimum atomic E-state index is -4.50. The molecule has 2 aliphatic heterocycles. The summed E-state index contributed by atoms with van der Waals surface area (Å²) < 4.78 is 46.0. The van der Waals surface area contributed by atoms with Crippen molar-refractivity contribution in [3.8, 4) is 5.75 Å². The molecule has 0 radical (unpaired) electrons. The first kappa shape index (κ1) is 21.0. The van der Waals surface area contributed by atoms with E-state index >= 15 is 0 Å². The molecule has 0 amide bonds. The number of thiazole rings is 1. The van der Waals surface area contributed by atoms with Gasteiger partial charge in [0.25, 0.3) is 0 Å². The number of aromatic nitrogens is 1. The molecule has 0 aliphatic carbocycles. The number of halogens is 3. The molecule has 10 heteroatoms. The van der Waals surface area contributed by atoms with Gasteiger partial charge in [0.2, 0.25) is 0 Å². The Bertz CT molecular complexity index is 971. The molecule has 1 N–H and O–H groups in total. The van der Waals surface area contributed by atoms with Gasteiger partial charge >= 0.3 is 6.18 Å². The molecular formula is C20H21F3N4OS2.